The summed E-state index contributed by atoms with van der Waals surface area (Å²) in [6, 6.07) is 0. The van der Waals surface area contributed by atoms with Crippen LogP contribution in [-0.2, 0) is 0 Å². The van der Waals surface area contributed by atoms with Gasteiger partial charge in [0.25, 0.3) is 0 Å². The molecule has 1 atom stereocenters. The van der Waals surface area contributed by atoms with E-state index in [1.807, 2.05) is 13.0 Å². The zero-order valence-corrected chi connectivity index (χ0v) is 9.58. The normalized spacial score (nSPS) is 14.2. The van der Waals surface area contributed by atoms with Crippen LogP contribution in [0.4, 0.5) is 0 Å². The molecule has 0 aliphatic heterocycles. The zero-order chi connectivity index (χ0) is 10.6. The average molecular weight is 196 g/mol. The van der Waals surface area contributed by atoms with Gasteiger partial charge in [0.1, 0.15) is 0 Å². The second kappa shape index (κ2) is 10.5. The van der Waals surface area contributed by atoms with Crippen LogP contribution < -0.4 is 0 Å². The standard InChI is InChI=1S/C13H24O/c1-3-4-5-6-7-8-9-10-11-12-13(2)14/h7-8,10-11,13-14H,3-6,9,12H2,1-2H3. The Hall–Kier alpha value is -0.560. The van der Waals surface area contributed by atoms with E-state index in [-0.39, 0.29) is 6.10 Å². The maximum absolute atomic E-state index is 8.98. The van der Waals surface area contributed by atoms with Gasteiger partial charge in [-0.1, -0.05) is 44.1 Å². The molecule has 1 heteroatoms. The van der Waals surface area contributed by atoms with E-state index >= 15 is 0 Å². The first kappa shape index (κ1) is 13.4. The topological polar surface area (TPSA) is 20.2 Å². The molecule has 0 bridgehead atoms. The monoisotopic (exact) mass is 196 g/mol. The zero-order valence-electron chi connectivity index (χ0n) is 9.58. The molecular weight excluding hydrogens is 172 g/mol. The summed E-state index contributed by atoms with van der Waals surface area (Å²) in [5.41, 5.74) is 0. The third-order valence-electron chi connectivity index (χ3n) is 2.06. The van der Waals surface area contributed by atoms with Gasteiger partial charge in [-0.15, -0.1) is 0 Å². The Morgan fingerprint density at radius 3 is 2.43 bits per heavy atom. The van der Waals surface area contributed by atoms with Gasteiger partial charge in [0.2, 0.25) is 0 Å². The van der Waals surface area contributed by atoms with Gasteiger partial charge >= 0.3 is 0 Å². The molecule has 0 aromatic rings. The van der Waals surface area contributed by atoms with Crippen LogP contribution in [0.3, 0.4) is 0 Å². The van der Waals surface area contributed by atoms with Gasteiger partial charge in [-0.05, 0) is 32.6 Å². The molecule has 0 spiro atoms. The van der Waals surface area contributed by atoms with Crippen molar-refractivity contribution in [3.8, 4) is 0 Å². The van der Waals surface area contributed by atoms with Crippen molar-refractivity contribution in [3.63, 3.8) is 0 Å². The third-order valence-corrected chi connectivity index (χ3v) is 2.06. The van der Waals surface area contributed by atoms with E-state index in [1.54, 1.807) is 0 Å². The van der Waals surface area contributed by atoms with Gasteiger partial charge in [0.15, 0.2) is 0 Å². The summed E-state index contributed by atoms with van der Waals surface area (Å²) in [6.45, 7) is 4.04. The Balaban J connectivity index is 3.21. The third kappa shape index (κ3) is 11.4. The molecule has 0 aromatic carbocycles. The molecule has 0 amide bonds. The van der Waals surface area contributed by atoms with Crippen molar-refractivity contribution in [2.45, 2.75) is 58.5 Å². The van der Waals surface area contributed by atoms with E-state index < -0.39 is 0 Å². The number of allylic oxidation sites excluding steroid dienone is 3. The lowest BCUT2D eigenvalue weighted by molar-refractivity contribution is 0.198. The summed E-state index contributed by atoms with van der Waals surface area (Å²) in [5, 5.41) is 8.98. The summed E-state index contributed by atoms with van der Waals surface area (Å²) in [5.74, 6) is 0. The molecule has 0 fully saturated rings. The van der Waals surface area contributed by atoms with Crippen molar-refractivity contribution in [1.29, 1.82) is 0 Å². The predicted molar refractivity (Wildman–Crippen MR) is 63.3 cm³/mol. The molecule has 0 aliphatic carbocycles. The summed E-state index contributed by atoms with van der Waals surface area (Å²) in [7, 11) is 0. The lowest BCUT2D eigenvalue weighted by Crippen LogP contribution is -1.94. The van der Waals surface area contributed by atoms with Gasteiger partial charge in [0, 0.05) is 0 Å². The van der Waals surface area contributed by atoms with Crippen LogP contribution in [0.25, 0.3) is 0 Å². The Morgan fingerprint density at radius 1 is 1.07 bits per heavy atom. The van der Waals surface area contributed by atoms with Crippen LogP contribution >= 0.6 is 0 Å². The molecular formula is C13H24O. The molecule has 0 aromatic heterocycles. The summed E-state index contributed by atoms with van der Waals surface area (Å²) >= 11 is 0. The minimum Gasteiger partial charge on any atom is -0.393 e. The summed E-state index contributed by atoms with van der Waals surface area (Å²) in [6.07, 6.45) is 15.3. The van der Waals surface area contributed by atoms with E-state index in [0.29, 0.717) is 0 Å². The number of rotatable bonds is 8. The van der Waals surface area contributed by atoms with Crippen molar-refractivity contribution < 1.29 is 5.11 Å². The van der Waals surface area contributed by atoms with Gasteiger partial charge in [-0.3, -0.25) is 0 Å². The van der Waals surface area contributed by atoms with E-state index in [0.717, 1.165) is 12.8 Å². The Labute approximate surface area is 88.5 Å². The first-order valence-corrected chi connectivity index (χ1v) is 5.75. The molecule has 1 nitrogen and oxygen atoms in total. The minimum absolute atomic E-state index is 0.209. The van der Waals surface area contributed by atoms with Crippen LogP contribution in [0, 0.1) is 0 Å². The smallest absolute Gasteiger partial charge is 0.0546 e. The molecule has 14 heavy (non-hydrogen) atoms. The fraction of sp³-hybridized carbons (Fsp3) is 0.692. The fourth-order valence-electron chi connectivity index (χ4n) is 1.19. The van der Waals surface area contributed by atoms with Crippen molar-refractivity contribution >= 4 is 0 Å². The minimum atomic E-state index is -0.209. The highest BCUT2D eigenvalue weighted by Gasteiger charge is 1.87. The van der Waals surface area contributed by atoms with E-state index in [2.05, 4.69) is 25.2 Å². The summed E-state index contributed by atoms with van der Waals surface area (Å²) < 4.78 is 0. The lowest BCUT2D eigenvalue weighted by Gasteiger charge is -1.95. The highest BCUT2D eigenvalue weighted by molar-refractivity contribution is 4.93. The van der Waals surface area contributed by atoms with Crippen LogP contribution in [-0.4, -0.2) is 11.2 Å². The molecule has 1 N–H and O–H groups in total. The van der Waals surface area contributed by atoms with Crippen molar-refractivity contribution in [2.24, 2.45) is 0 Å². The molecule has 0 rings (SSSR count). The van der Waals surface area contributed by atoms with Crippen LogP contribution in [0.2, 0.25) is 0 Å². The SMILES string of the molecule is CCCCCC=CCC=CCC(C)O. The number of hydrogen-bond donors (Lipinski definition) is 1. The quantitative estimate of drug-likeness (QED) is 0.462. The van der Waals surface area contributed by atoms with Gasteiger partial charge in [-0.2, -0.15) is 0 Å². The first-order chi connectivity index (χ1) is 6.77. The van der Waals surface area contributed by atoms with Gasteiger partial charge in [-0.25, -0.2) is 0 Å². The van der Waals surface area contributed by atoms with Crippen molar-refractivity contribution in [1.82, 2.24) is 0 Å². The lowest BCUT2D eigenvalue weighted by atomic mass is 10.2. The second-order valence-electron chi connectivity index (χ2n) is 3.76. The fourth-order valence-corrected chi connectivity index (χ4v) is 1.19. The molecule has 0 radical (unpaired) electrons. The Bertz CT molecular complexity index is 157. The highest BCUT2D eigenvalue weighted by atomic mass is 16.3. The Morgan fingerprint density at radius 2 is 1.79 bits per heavy atom. The number of hydrogen-bond acceptors (Lipinski definition) is 1. The largest absolute Gasteiger partial charge is 0.393 e. The number of aliphatic hydroxyl groups excluding tert-OH is 1. The number of aliphatic hydroxyl groups is 1. The van der Waals surface area contributed by atoms with Gasteiger partial charge in [0.05, 0.1) is 6.10 Å². The summed E-state index contributed by atoms with van der Waals surface area (Å²) in [4.78, 5) is 0. The van der Waals surface area contributed by atoms with Crippen LogP contribution in [0.15, 0.2) is 24.3 Å². The van der Waals surface area contributed by atoms with Crippen molar-refractivity contribution in [3.05, 3.63) is 24.3 Å². The maximum Gasteiger partial charge on any atom is 0.0546 e. The van der Waals surface area contributed by atoms with E-state index in [1.165, 1.54) is 25.7 Å². The Kier molecular flexibility index (Phi) is 10.1. The second-order valence-corrected chi connectivity index (χ2v) is 3.76. The van der Waals surface area contributed by atoms with Crippen molar-refractivity contribution in [2.75, 3.05) is 0 Å². The molecule has 0 aliphatic rings. The first-order valence-electron chi connectivity index (χ1n) is 5.75. The predicted octanol–water partition coefficient (Wildman–Crippen LogP) is 3.84. The van der Waals surface area contributed by atoms with E-state index in [9.17, 15) is 0 Å². The average Bonchev–Trinajstić information content (AvgIpc) is 2.15. The highest BCUT2D eigenvalue weighted by Crippen LogP contribution is 2.00. The molecule has 0 heterocycles. The van der Waals surface area contributed by atoms with E-state index in [4.69, 9.17) is 5.11 Å². The van der Waals surface area contributed by atoms with Crippen LogP contribution in [0.5, 0.6) is 0 Å². The number of unbranched alkanes of at least 4 members (excludes halogenated alkanes) is 3. The maximum atomic E-state index is 8.98. The molecule has 0 saturated heterocycles. The van der Waals surface area contributed by atoms with Gasteiger partial charge < -0.3 is 5.11 Å². The molecule has 1 unspecified atom stereocenters. The molecule has 0 saturated carbocycles. The molecule has 82 valence electrons. The van der Waals surface area contributed by atoms with Crippen LogP contribution in [0.1, 0.15) is 52.4 Å².